The molecule has 0 saturated carbocycles. The molecule has 1 unspecified atom stereocenters. The number of likely N-dealkylation sites (N-methyl/N-ethyl adjacent to an activating group) is 1. The van der Waals surface area contributed by atoms with Gasteiger partial charge < -0.3 is 34.4 Å². The zero-order chi connectivity index (χ0) is 28.1. The van der Waals surface area contributed by atoms with Gasteiger partial charge in [-0.25, -0.2) is 0 Å². The normalized spacial score (nSPS) is 32.7. The van der Waals surface area contributed by atoms with Crippen molar-refractivity contribution in [3.8, 4) is 0 Å². The number of likely N-dealkylation sites (tertiary alicyclic amines) is 1. The Balaban J connectivity index is 1.47. The number of carbonyl (C=O) groups is 3. The number of ether oxygens (including phenoxy) is 1. The van der Waals surface area contributed by atoms with Gasteiger partial charge in [0.25, 0.3) is 5.91 Å². The van der Waals surface area contributed by atoms with Gasteiger partial charge in [0.15, 0.2) is 5.60 Å². The number of anilines is 2. The molecular weight excluding hydrogens is 519 g/mol. The van der Waals surface area contributed by atoms with Gasteiger partial charge in [-0.1, -0.05) is 6.92 Å². The number of hydrogen-bond donors (Lipinski definition) is 3. The number of carbonyl (C=O) groups excluding carboxylic acids is 3. The summed E-state index contributed by atoms with van der Waals surface area (Å²) in [5.74, 6) is -1.17. The first kappa shape index (κ1) is 28.2. The zero-order valence-electron chi connectivity index (χ0n) is 23.3. The maximum Gasteiger partial charge on any atom is 0.264 e. The van der Waals surface area contributed by atoms with Crippen molar-refractivity contribution < 1.29 is 28.3 Å². The highest BCUT2D eigenvalue weighted by Crippen LogP contribution is 2.60. The van der Waals surface area contributed by atoms with Crippen LogP contribution in [-0.4, -0.2) is 81.6 Å². The number of aliphatic hydroxyl groups is 1. The molecule has 3 fully saturated rings. The summed E-state index contributed by atoms with van der Waals surface area (Å²) < 4.78 is 22.6. The molecule has 4 heterocycles. The van der Waals surface area contributed by atoms with E-state index in [1.165, 1.54) is 0 Å². The van der Waals surface area contributed by atoms with Crippen LogP contribution in [0.5, 0.6) is 0 Å². The summed E-state index contributed by atoms with van der Waals surface area (Å²) >= 11 is 0. The summed E-state index contributed by atoms with van der Waals surface area (Å²) in [6, 6.07) is 5.14. The Labute approximate surface area is 230 Å². The Bertz CT molecular complexity index is 1140. The summed E-state index contributed by atoms with van der Waals surface area (Å²) in [5.41, 5.74) is -0.197. The molecule has 11 heteroatoms. The van der Waals surface area contributed by atoms with Gasteiger partial charge in [0.1, 0.15) is 0 Å². The summed E-state index contributed by atoms with van der Waals surface area (Å²) in [7, 11) is -1.72. The Morgan fingerprint density at radius 1 is 1.28 bits per heavy atom. The minimum Gasteiger partial charge on any atom is -0.394 e. The highest BCUT2D eigenvalue weighted by molar-refractivity contribution is 6.72. The number of fused-ring (bicyclic) bond motifs is 2. The standard InChI is InChI=1S/C28H41FN4O5Si/c1-17-25(39(3,4)29)23(14-24(35)33-12-6-8-20(33)16-34)38-28(17)21-13-19(9-10-22(21)32(2)27(28)37)31-26(36)18-7-5-11-30-15-18/h9-10,13,17-18,20,23,25,30,34H,5-8,11-12,14-16H2,1-4H3,(H,31,36)/t17-,18?,20-,23+,25-,28+/m0/s1. The minimum atomic E-state index is -3.40. The molecule has 1 aromatic carbocycles. The molecule has 0 aliphatic carbocycles. The molecule has 3 N–H and O–H groups in total. The van der Waals surface area contributed by atoms with Gasteiger partial charge in [-0.15, -0.1) is 0 Å². The first-order valence-corrected chi connectivity index (χ1v) is 17.2. The predicted octanol–water partition coefficient (Wildman–Crippen LogP) is 2.75. The van der Waals surface area contributed by atoms with Crippen LogP contribution < -0.4 is 15.5 Å². The molecule has 0 aromatic heterocycles. The Kier molecular flexibility index (Phi) is 7.64. The lowest BCUT2D eigenvalue weighted by Gasteiger charge is -2.31. The molecule has 214 valence electrons. The van der Waals surface area contributed by atoms with Crippen LogP contribution in [-0.2, 0) is 24.7 Å². The third-order valence-electron chi connectivity index (χ3n) is 9.31. The van der Waals surface area contributed by atoms with E-state index in [9.17, 15) is 19.5 Å². The van der Waals surface area contributed by atoms with Gasteiger partial charge in [-0.05, 0) is 63.5 Å². The number of nitrogens with zero attached hydrogens (tertiary/aromatic N) is 2. The van der Waals surface area contributed by atoms with E-state index in [-0.39, 0.29) is 42.7 Å². The fourth-order valence-electron chi connectivity index (χ4n) is 7.39. The monoisotopic (exact) mass is 560 g/mol. The summed E-state index contributed by atoms with van der Waals surface area (Å²) in [6.45, 7) is 7.07. The van der Waals surface area contributed by atoms with Gasteiger partial charge in [0, 0.05) is 42.8 Å². The summed E-state index contributed by atoms with van der Waals surface area (Å²) in [4.78, 5) is 43.4. The molecule has 6 atom stereocenters. The molecular formula is C28H41FN4O5Si. The first-order valence-electron chi connectivity index (χ1n) is 14.2. The van der Waals surface area contributed by atoms with Crippen molar-refractivity contribution in [2.45, 2.75) is 75.4 Å². The van der Waals surface area contributed by atoms with E-state index in [1.807, 2.05) is 6.92 Å². The highest BCUT2D eigenvalue weighted by Gasteiger charge is 2.66. The number of aliphatic hydroxyl groups excluding tert-OH is 1. The molecule has 9 nitrogen and oxygen atoms in total. The second-order valence-corrected chi connectivity index (χ2v) is 16.0. The average molecular weight is 561 g/mol. The average Bonchev–Trinajstić information content (AvgIpc) is 3.55. The maximum atomic E-state index is 16.0. The molecule has 5 rings (SSSR count). The van der Waals surface area contributed by atoms with E-state index in [0.717, 1.165) is 32.2 Å². The van der Waals surface area contributed by atoms with Crippen molar-refractivity contribution in [3.63, 3.8) is 0 Å². The molecule has 0 bridgehead atoms. The fraction of sp³-hybridized carbons (Fsp3) is 0.679. The highest BCUT2D eigenvalue weighted by atomic mass is 28.4. The number of piperidine rings is 1. The number of benzene rings is 1. The molecule has 1 spiro atoms. The number of amides is 3. The third-order valence-corrected chi connectivity index (χ3v) is 11.8. The van der Waals surface area contributed by atoms with Gasteiger partial charge in [0.05, 0.1) is 36.8 Å². The Morgan fingerprint density at radius 2 is 2.05 bits per heavy atom. The van der Waals surface area contributed by atoms with E-state index >= 15 is 4.11 Å². The largest absolute Gasteiger partial charge is 0.394 e. The van der Waals surface area contributed by atoms with E-state index < -0.39 is 31.6 Å². The maximum absolute atomic E-state index is 16.0. The lowest BCUT2D eigenvalue weighted by Crippen LogP contribution is -2.44. The second-order valence-electron chi connectivity index (χ2n) is 12.2. The topological polar surface area (TPSA) is 111 Å². The SMILES string of the molecule is C[C@H]1[C@H]([Si](C)(C)F)[C@@H](CC(=O)N2CCC[C@H]2CO)O[C@]12C(=O)N(C)c1ccc(NC(=O)C3CCCNC3)cc12. The number of hydrogen-bond acceptors (Lipinski definition) is 6. The first-order chi connectivity index (χ1) is 18.5. The molecule has 3 saturated heterocycles. The molecule has 1 aromatic rings. The van der Waals surface area contributed by atoms with Crippen LogP contribution in [0.4, 0.5) is 15.5 Å². The van der Waals surface area contributed by atoms with E-state index in [2.05, 4.69) is 10.6 Å². The molecule has 39 heavy (non-hydrogen) atoms. The quantitative estimate of drug-likeness (QED) is 0.365. The van der Waals surface area contributed by atoms with Crippen molar-refractivity contribution >= 4 is 37.5 Å². The van der Waals surface area contributed by atoms with Gasteiger partial charge in [0.2, 0.25) is 20.2 Å². The third kappa shape index (κ3) is 4.81. The minimum absolute atomic E-state index is 0.0367. The van der Waals surface area contributed by atoms with Crippen molar-refractivity contribution in [3.05, 3.63) is 23.8 Å². The van der Waals surface area contributed by atoms with Crippen LogP contribution in [0.25, 0.3) is 0 Å². The van der Waals surface area contributed by atoms with Gasteiger partial charge >= 0.3 is 0 Å². The van der Waals surface area contributed by atoms with Crippen molar-refractivity contribution in [1.82, 2.24) is 10.2 Å². The lowest BCUT2D eigenvalue weighted by molar-refractivity contribution is -0.149. The summed E-state index contributed by atoms with van der Waals surface area (Å²) in [6.07, 6.45) is 2.51. The van der Waals surface area contributed by atoms with Crippen LogP contribution in [0.15, 0.2) is 18.2 Å². The predicted molar refractivity (Wildman–Crippen MR) is 149 cm³/mol. The molecule has 0 radical (unpaired) electrons. The number of nitrogens with one attached hydrogen (secondary N) is 2. The summed E-state index contributed by atoms with van der Waals surface area (Å²) in [5, 5.41) is 16.0. The van der Waals surface area contributed by atoms with Crippen molar-refractivity contribution in [1.29, 1.82) is 0 Å². The number of rotatable bonds is 6. The van der Waals surface area contributed by atoms with Crippen LogP contribution in [0.3, 0.4) is 0 Å². The van der Waals surface area contributed by atoms with E-state index in [4.69, 9.17) is 4.74 Å². The van der Waals surface area contributed by atoms with E-state index in [1.54, 1.807) is 48.1 Å². The zero-order valence-corrected chi connectivity index (χ0v) is 24.3. The second kappa shape index (κ2) is 10.6. The fourth-order valence-corrected chi connectivity index (χ4v) is 9.89. The van der Waals surface area contributed by atoms with Crippen LogP contribution >= 0.6 is 0 Å². The van der Waals surface area contributed by atoms with Gasteiger partial charge in [-0.2, -0.15) is 0 Å². The van der Waals surface area contributed by atoms with Gasteiger partial charge in [-0.3, -0.25) is 14.4 Å². The van der Waals surface area contributed by atoms with Crippen molar-refractivity contribution in [2.24, 2.45) is 11.8 Å². The number of halogens is 1. The molecule has 4 aliphatic rings. The van der Waals surface area contributed by atoms with Crippen LogP contribution in [0.2, 0.25) is 18.6 Å². The molecule has 4 aliphatic heterocycles. The smallest absolute Gasteiger partial charge is 0.264 e. The Hall–Kier alpha value is -2.34. The molecule has 3 amide bonds. The van der Waals surface area contributed by atoms with Crippen LogP contribution in [0, 0.1) is 11.8 Å². The van der Waals surface area contributed by atoms with Crippen molar-refractivity contribution in [2.75, 3.05) is 43.5 Å². The van der Waals surface area contributed by atoms with Crippen LogP contribution in [0.1, 0.15) is 44.6 Å². The lowest BCUT2D eigenvalue weighted by atomic mass is 9.82. The van der Waals surface area contributed by atoms with E-state index in [0.29, 0.717) is 30.0 Å². The Morgan fingerprint density at radius 3 is 2.72 bits per heavy atom.